The van der Waals surface area contributed by atoms with Gasteiger partial charge in [-0.3, -0.25) is 0 Å². The molecule has 0 aliphatic rings. The number of aromatic nitrogens is 4. The van der Waals surface area contributed by atoms with E-state index in [-0.39, 0.29) is 18.2 Å². The van der Waals surface area contributed by atoms with Crippen LogP contribution in [0.3, 0.4) is 0 Å². The van der Waals surface area contributed by atoms with Gasteiger partial charge in [-0.15, -0.1) is 0 Å². The van der Waals surface area contributed by atoms with E-state index in [0.29, 0.717) is 30.4 Å². The second-order valence-electron chi connectivity index (χ2n) is 7.03. The maximum absolute atomic E-state index is 12.4. The fraction of sp³-hybridized carbons (Fsp3) is 0.381. The van der Waals surface area contributed by atoms with Gasteiger partial charge in [0.15, 0.2) is 0 Å². The van der Waals surface area contributed by atoms with Crippen LogP contribution in [-0.2, 0) is 16.1 Å². The second kappa shape index (κ2) is 11.0. The molecular formula is C21H25F3N6O3. The zero-order valence-corrected chi connectivity index (χ0v) is 18.4. The topological polar surface area (TPSA) is 95.3 Å². The lowest BCUT2D eigenvalue weighted by Gasteiger charge is -2.14. The number of ether oxygens (including phenoxy) is 3. The summed E-state index contributed by atoms with van der Waals surface area (Å²) in [4.78, 5) is 12.9. The summed E-state index contributed by atoms with van der Waals surface area (Å²) in [6.45, 7) is 1.10. The van der Waals surface area contributed by atoms with Crippen LogP contribution in [0.15, 0.2) is 36.8 Å². The van der Waals surface area contributed by atoms with E-state index in [1.54, 1.807) is 32.7 Å². The average Bonchev–Trinajstić information content (AvgIpc) is 3.19. The fourth-order valence-electron chi connectivity index (χ4n) is 2.92. The van der Waals surface area contributed by atoms with E-state index >= 15 is 0 Å². The number of hydrogen-bond donors (Lipinski definition) is 2. The molecule has 0 bridgehead atoms. The Bertz CT molecular complexity index is 1060. The Kier molecular flexibility index (Phi) is 8.06. The quantitative estimate of drug-likeness (QED) is 0.412. The SMILES string of the molecule is COCCNc1cc(COCC(F)(F)F)nc(Nc2ccc(-n3cnc(C)c3)c(OC)c2)n1. The fourth-order valence-corrected chi connectivity index (χ4v) is 2.92. The highest BCUT2D eigenvalue weighted by molar-refractivity contribution is 5.62. The van der Waals surface area contributed by atoms with Crippen molar-refractivity contribution in [3.05, 3.63) is 48.2 Å². The molecule has 3 aromatic rings. The minimum absolute atomic E-state index is 0.191. The molecular weight excluding hydrogens is 441 g/mol. The lowest BCUT2D eigenvalue weighted by atomic mass is 10.2. The molecule has 0 saturated carbocycles. The zero-order chi connectivity index (χ0) is 23.8. The summed E-state index contributed by atoms with van der Waals surface area (Å²) >= 11 is 0. The molecule has 2 aromatic heterocycles. The van der Waals surface area contributed by atoms with Gasteiger partial charge in [-0.05, 0) is 19.1 Å². The molecule has 1 aromatic carbocycles. The molecule has 12 heteroatoms. The molecule has 178 valence electrons. The number of methoxy groups -OCH3 is 2. The molecule has 0 amide bonds. The summed E-state index contributed by atoms with van der Waals surface area (Å²) in [5.74, 6) is 1.20. The molecule has 33 heavy (non-hydrogen) atoms. The smallest absolute Gasteiger partial charge is 0.411 e. The first kappa shape index (κ1) is 24.3. The number of alkyl halides is 3. The van der Waals surface area contributed by atoms with Crippen LogP contribution in [0.1, 0.15) is 11.4 Å². The van der Waals surface area contributed by atoms with Gasteiger partial charge < -0.3 is 29.4 Å². The largest absolute Gasteiger partial charge is 0.494 e. The molecule has 0 aliphatic carbocycles. The van der Waals surface area contributed by atoms with Crippen LogP contribution in [-0.4, -0.2) is 59.7 Å². The number of anilines is 3. The highest BCUT2D eigenvalue weighted by atomic mass is 19.4. The van der Waals surface area contributed by atoms with Gasteiger partial charge >= 0.3 is 6.18 Å². The van der Waals surface area contributed by atoms with E-state index in [1.165, 1.54) is 6.07 Å². The summed E-state index contributed by atoms with van der Waals surface area (Å²) in [6, 6.07) is 6.94. The second-order valence-corrected chi connectivity index (χ2v) is 7.03. The Balaban J connectivity index is 1.81. The van der Waals surface area contributed by atoms with E-state index in [2.05, 4.69) is 25.6 Å². The third kappa shape index (κ3) is 7.32. The standard InChI is InChI=1S/C21H25F3N6O3/c1-14-10-30(13-26-14)17-5-4-15(8-18(17)32-3)27-20-28-16(11-33-12-21(22,23)24)9-19(29-20)25-6-7-31-2/h4-5,8-10,13H,6-7,11-12H2,1-3H3,(H2,25,27,28,29). The molecule has 0 radical (unpaired) electrons. The van der Waals surface area contributed by atoms with Crippen LogP contribution < -0.4 is 15.4 Å². The van der Waals surface area contributed by atoms with Crippen molar-refractivity contribution in [3.63, 3.8) is 0 Å². The van der Waals surface area contributed by atoms with Crippen molar-refractivity contribution in [2.24, 2.45) is 0 Å². The van der Waals surface area contributed by atoms with Crippen molar-refractivity contribution in [3.8, 4) is 11.4 Å². The number of nitrogens with zero attached hydrogens (tertiary/aromatic N) is 4. The van der Waals surface area contributed by atoms with Gasteiger partial charge in [0.05, 0.1) is 43.7 Å². The Labute approximate surface area is 188 Å². The summed E-state index contributed by atoms with van der Waals surface area (Å²) in [7, 11) is 3.12. The Morgan fingerprint density at radius 2 is 1.94 bits per heavy atom. The van der Waals surface area contributed by atoms with Crippen molar-refractivity contribution in [2.75, 3.05) is 44.6 Å². The molecule has 2 heterocycles. The number of hydrogen-bond acceptors (Lipinski definition) is 8. The van der Waals surface area contributed by atoms with E-state index in [9.17, 15) is 13.2 Å². The van der Waals surface area contributed by atoms with Crippen molar-refractivity contribution >= 4 is 17.5 Å². The van der Waals surface area contributed by atoms with Crippen LogP contribution in [0, 0.1) is 6.92 Å². The van der Waals surface area contributed by atoms with Gasteiger partial charge in [0.25, 0.3) is 0 Å². The van der Waals surface area contributed by atoms with Crippen LogP contribution in [0.25, 0.3) is 5.69 Å². The average molecular weight is 466 g/mol. The van der Waals surface area contributed by atoms with Gasteiger partial charge in [-0.2, -0.15) is 18.2 Å². The van der Waals surface area contributed by atoms with Gasteiger partial charge in [0.1, 0.15) is 18.2 Å². The van der Waals surface area contributed by atoms with E-state index in [1.807, 2.05) is 23.8 Å². The first-order valence-electron chi connectivity index (χ1n) is 9.98. The normalized spacial score (nSPS) is 11.5. The maximum atomic E-state index is 12.4. The van der Waals surface area contributed by atoms with Crippen molar-refractivity contribution in [1.82, 2.24) is 19.5 Å². The first-order valence-corrected chi connectivity index (χ1v) is 9.98. The number of rotatable bonds is 11. The predicted molar refractivity (Wildman–Crippen MR) is 116 cm³/mol. The number of imidazole rings is 1. The van der Waals surface area contributed by atoms with Gasteiger partial charge in [0, 0.05) is 37.7 Å². The van der Waals surface area contributed by atoms with Crippen LogP contribution in [0.4, 0.5) is 30.6 Å². The van der Waals surface area contributed by atoms with E-state index in [4.69, 9.17) is 14.2 Å². The first-order chi connectivity index (χ1) is 15.8. The molecule has 0 atom stereocenters. The highest BCUT2D eigenvalue weighted by Gasteiger charge is 2.27. The Morgan fingerprint density at radius 1 is 1.12 bits per heavy atom. The van der Waals surface area contributed by atoms with Crippen molar-refractivity contribution in [1.29, 1.82) is 0 Å². The van der Waals surface area contributed by atoms with Crippen LogP contribution >= 0.6 is 0 Å². The molecule has 9 nitrogen and oxygen atoms in total. The molecule has 2 N–H and O–H groups in total. The van der Waals surface area contributed by atoms with Crippen LogP contribution in [0.2, 0.25) is 0 Å². The number of aryl methyl sites for hydroxylation is 1. The third-order valence-electron chi connectivity index (χ3n) is 4.33. The molecule has 0 fully saturated rings. The van der Waals surface area contributed by atoms with Gasteiger partial charge in [-0.1, -0.05) is 0 Å². The maximum Gasteiger partial charge on any atom is 0.411 e. The van der Waals surface area contributed by atoms with Crippen molar-refractivity contribution in [2.45, 2.75) is 19.7 Å². The van der Waals surface area contributed by atoms with Crippen LogP contribution in [0.5, 0.6) is 5.75 Å². The number of benzene rings is 1. The summed E-state index contributed by atoms with van der Waals surface area (Å²) < 4.78 is 54.4. The monoisotopic (exact) mass is 466 g/mol. The lowest BCUT2D eigenvalue weighted by Crippen LogP contribution is -2.17. The molecule has 0 saturated heterocycles. The molecule has 0 spiro atoms. The molecule has 0 unspecified atom stereocenters. The van der Waals surface area contributed by atoms with E-state index in [0.717, 1.165) is 11.4 Å². The lowest BCUT2D eigenvalue weighted by molar-refractivity contribution is -0.176. The van der Waals surface area contributed by atoms with Gasteiger partial charge in [-0.25, -0.2) is 9.97 Å². The summed E-state index contributed by atoms with van der Waals surface area (Å²) in [5.41, 5.74) is 2.57. The van der Waals surface area contributed by atoms with Crippen molar-refractivity contribution < 1.29 is 27.4 Å². The number of nitrogens with one attached hydrogen (secondary N) is 2. The predicted octanol–water partition coefficient (Wildman–Crippen LogP) is 3.86. The third-order valence-corrected chi connectivity index (χ3v) is 4.33. The molecule has 0 aliphatic heterocycles. The zero-order valence-electron chi connectivity index (χ0n) is 18.4. The Morgan fingerprint density at radius 3 is 2.61 bits per heavy atom. The highest BCUT2D eigenvalue weighted by Crippen LogP contribution is 2.28. The number of halogens is 3. The van der Waals surface area contributed by atoms with Gasteiger partial charge in [0.2, 0.25) is 5.95 Å². The van der Waals surface area contributed by atoms with E-state index < -0.39 is 12.8 Å². The minimum atomic E-state index is -4.42. The summed E-state index contributed by atoms with van der Waals surface area (Å²) in [6.07, 6.45) is -0.859. The Hall–Kier alpha value is -3.38. The molecule has 3 rings (SSSR count). The summed E-state index contributed by atoms with van der Waals surface area (Å²) in [5, 5.41) is 6.11. The minimum Gasteiger partial charge on any atom is -0.494 e.